The number of hydrogen-bond donors (Lipinski definition) is 3. The van der Waals surface area contributed by atoms with E-state index in [1.54, 1.807) is 66.8 Å². The number of carbonyl (C=O) groups is 2. The Morgan fingerprint density at radius 1 is 0.671 bits per heavy atom. The number of pyridine rings is 4. The molecule has 6 aromatic rings. The van der Waals surface area contributed by atoms with Gasteiger partial charge in [0.05, 0.1) is 83.6 Å². The van der Waals surface area contributed by atoms with Gasteiger partial charge in [-0.25, -0.2) is 9.97 Å². The molecule has 0 bridgehead atoms. The van der Waals surface area contributed by atoms with E-state index < -0.39 is 70.8 Å². The second-order valence-corrected chi connectivity index (χ2v) is 20.7. The lowest BCUT2D eigenvalue weighted by atomic mass is 9.88. The topological polar surface area (TPSA) is 192 Å². The number of methoxy groups -OCH3 is 1. The van der Waals surface area contributed by atoms with Crippen molar-refractivity contribution in [3.05, 3.63) is 108 Å². The van der Waals surface area contributed by atoms with Crippen LogP contribution >= 0.6 is 0 Å². The highest BCUT2D eigenvalue weighted by molar-refractivity contribution is 5.97. The van der Waals surface area contributed by atoms with Gasteiger partial charge in [-0.05, 0) is 89.1 Å². The number of aromatic nitrogens is 6. The molecular weight excluding hydrogens is 1010 g/mol. The number of fused-ring (bicyclic) bond motifs is 2. The third kappa shape index (κ3) is 13.0. The number of amides is 2. The highest BCUT2D eigenvalue weighted by Crippen LogP contribution is 2.34. The number of ether oxygens (including phenoxy) is 5. The third-order valence-corrected chi connectivity index (χ3v) is 13.8. The van der Waals surface area contributed by atoms with Gasteiger partial charge in [0.15, 0.2) is 0 Å². The normalized spacial score (nSPS) is 21.9. The first-order valence-electron chi connectivity index (χ1n) is 24.8. The standard InChI is InChI=1S/C52H60F6N10O8/c1-49(2,71)28-73-44-27-66(25-40(44)64-48(70)38-19-42-32(21-60-38)11-13-68(42)46-9-7-34(23-62-46)52(56,57)58)35-16-36(17-35)75-30-76-50(3,4)29-74-43-26-65(14-15-72-5)24-39(43)63-47(69)37-18-41-31(20-59-37)10-12-67(41)45-8-6-33(22-61-45)51(53,54)55/h6-13,18-23,35-36,39-40,43-44,71H,14-17,24-30H2,1-5H3,(H,63,69)(H,64,70)/t35?,36?,39-,40-,43-,44-/m1/s1. The Balaban J connectivity index is 0.762. The predicted octanol–water partition coefficient (Wildman–Crippen LogP) is 6.21. The molecule has 0 unspecified atom stereocenters. The van der Waals surface area contributed by atoms with E-state index in [9.17, 15) is 41.0 Å². The molecular formula is C52H60F6N10O8. The highest BCUT2D eigenvalue weighted by atomic mass is 19.4. The number of likely N-dealkylation sites (tertiary alicyclic amines) is 2. The summed E-state index contributed by atoms with van der Waals surface area (Å²) >= 11 is 0. The zero-order valence-electron chi connectivity index (χ0n) is 42.5. The average molecular weight is 1070 g/mol. The molecule has 408 valence electrons. The zero-order chi connectivity index (χ0) is 54.2. The van der Waals surface area contributed by atoms with Gasteiger partial charge in [0, 0.05) is 93.8 Å². The Kier molecular flexibility index (Phi) is 15.9. The number of nitrogens with zero attached hydrogens (tertiary/aromatic N) is 8. The van der Waals surface area contributed by atoms with Crippen molar-refractivity contribution in [2.45, 2.75) is 101 Å². The molecule has 1 saturated carbocycles. The molecule has 8 heterocycles. The van der Waals surface area contributed by atoms with Crippen molar-refractivity contribution in [1.29, 1.82) is 0 Å². The van der Waals surface area contributed by atoms with E-state index in [1.807, 2.05) is 13.8 Å². The Morgan fingerprint density at radius 2 is 1.20 bits per heavy atom. The van der Waals surface area contributed by atoms with Crippen molar-refractivity contribution < 1.29 is 64.7 Å². The van der Waals surface area contributed by atoms with Gasteiger partial charge in [-0.1, -0.05) is 0 Å². The lowest BCUT2D eigenvalue weighted by Crippen LogP contribution is -2.49. The summed E-state index contributed by atoms with van der Waals surface area (Å²) in [6.07, 6.45) is -0.747. The van der Waals surface area contributed by atoms with Crippen LogP contribution in [-0.4, -0.2) is 170 Å². The van der Waals surface area contributed by atoms with Gasteiger partial charge < -0.3 is 48.6 Å². The fourth-order valence-electron chi connectivity index (χ4n) is 9.47. The Bertz CT molecular complexity index is 2980. The summed E-state index contributed by atoms with van der Waals surface area (Å²) in [5, 5.41) is 18.0. The molecule has 9 rings (SSSR count). The van der Waals surface area contributed by atoms with Crippen LogP contribution in [0.4, 0.5) is 26.3 Å². The van der Waals surface area contributed by atoms with Crippen LogP contribution in [0, 0.1) is 0 Å². The third-order valence-electron chi connectivity index (χ3n) is 13.8. The van der Waals surface area contributed by atoms with E-state index in [4.69, 9.17) is 23.7 Å². The fraction of sp³-hybridized carbons (Fsp3) is 0.500. The lowest BCUT2D eigenvalue weighted by Gasteiger charge is -2.41. The lowest BCUT2D eigenvalue weighted by molar-refractivity contribution is -0.190. The van der Waals surface area contributed by atoms with Crippen LogP contribution in [0.5, 0.6) is 0 Å². The first kappa shape index (κ1) is 54.7. The summed E-state index contributed by atoms with van der Waals surface area (Å²) in [5.41, 5.74) is -2.36. The largest absolute Gasteiger partial charge is 0.417 e. The van der Waals surface area contributed by atoms with Crippen LogP contribution in [0.25, 0.3) is 33.4 Å². The van der Waals surface area contributed by atoms with Gasteiger partial charge in [0.2, 0.25) is 0 Å². The van der Waals surface area contributed by atoms with Crippen molar-refractivity contribution in [2.24, 2.45) is 0 Å². The number of hydrogen-bond acceptors (Lipinski definition) is 14. The number of nitrogens with one attached hydrogen (secondary N) is 2. The molecule has 6 aromatic heterocycles. The minimum atomic E-state index is -4.53. The van der Waals surface area contributed by atoms with Gasteiger partial charge >= 0.3 is 12.4 Å². The number of aliphatic hydroxyl groups is 1. The molecule has 24 heteroatoms. The minimum absolute atomic E-state index is 0.00205. The van der Waals surface area contributed by atoms with E-state index >= 15 is 0 Å². The number of carbonyl (C=O) groups excluding carboxylic acids is 2. The van der Waals surface area contributed by atoms with Crippen LogP contribution in [0.15, 0.2) is 85.7 Å². The first-order valence-corrected chi connectivity index (χ1v) is 24.8. The zero-order valence-corrected chi connectivity index (χ0v) is 42.5. The predicted molar refractivity (Wildman–Crippen MR) is 264 cm³/mol. The molecule has 2 aliphatic heterocycles. The quantitative estimate of drug-likeness (QED) is 0.0578. The number of alkyl halides is 6. The minimum Gasteiger partial charge on any atom is -0.388 e. The van der Waals surface area contributed by atoms with Crippen molar-refractivity contribution in [1.82, 2.24) is 49.5 Å². The van der Waals surface area contributed by atoms with Crippen LogP contribution in [0.3, 0.4) is 0 Å². The van der Waals surface area contributed by atoms with Gasteiger partial charge in [-0.15, -0.1) is 0 Å². The summed E-state index contributed by atoms with van der Waals surface area (Å²) in [4.78, 5) is 48.6. The van der Waals surface area contributed by atoms with E-state index in [2.05, 4.69) is 40.4 Å². The Labute approximate surface area is 433 Å². The van der Waals surface area contributed by atoms with Crippen molar-refractivity contribution in [3.63, 3.8) is 0 Å². The molecule has 18 nitrogen and oxygen atoms in total. The van der Waals surface area contributed by atoms with Crippen LogP contribution < -0.4 is 10.6 Å². The molecule has 0 radical (unpaired) electrons. The summed E-state index contributed by atoms with van der Waals surface area (Å²) in [7, 11) is 1.62. The van der Waals surface area contributed by atoms with Gasteiger partial charge in [0.25, 0.3) is 11.8 Å². The summed E-state index contributed by atoms with van der Waals surface area (Å²) in [6.45, 7) is 10.3. The van der Waals surface area contributed by atoms with Gasteiger partial charge in [0.1, 0.15) is 29.8 Å². The SMILES string of the molecule is COCCN1C[C@@H](NC(=O)c2cc3c(ccn3-c3ccc(C(F)(F)F)cn3)cn2)[C@H](OCC(C)(C)OCOC2CC(N3C[C@@H](NC(=O)c4cc5c(ccn5-c5ccc(C(F)(F)F)cn5)cn4)[C@H](OCC(C)(C)O)C3)C2)C1. The van der Waals surface area contributed by atoms with E-state index in [-0.39, 0.29) is 55.2 Å². The van der Waals surface area contributed by atoms with Gasteiger partial charge in [-0.3, -0.25) is 29.4 Å². The molecule has 1 aliphatic carbocycles. The van der Waals surface area contributed by atoms with Crippen molar-refractivity contribution in [3.8, 4) is 11.6 Å². The second-order valence-electron chi connectivity index (χ2n) is 20.7. The molecule has 4 atom stereocenters. The average Bonchev–Trinajstić information content (AvgIpc) is 4.18. The van der Waals surface area contributed by atoms with E-state index in [0.29, 0.717) is 74.0 Å². The molecule has 0 aromatic carbocycles. The van der Waals surface area contributed by atoms with Crippen LogP contribution in [-0.2, 0) is 36.0 Å². The maximum absolute atomic E-state index is 13.8. The molecule has 3 fully saturated rings. The van der Waals surface area contributed by atoms with E-state index in [0.717, 1.165) is 24.5 Å². The van der Waals surface area contributed by atoms with E-state index in [1.165, 1.54) is 24.5 Å². The fourth-order valence-corrected chi connectivity index (χ4v) is 9.47. The van der Waals surface area contributed by atoms with Crippen molar-refractivity contribution >= 4 is 33.6 Å². The second kappa shape index (κ2) is 22.1. The monoisotopic (exact) mass is 1070 g/mol. The smallest absolute Gasteiger partial charge is 0.388 e. The maximum Gasteiger partial charge on any atom is 0.417 e. The maximum atomic E-state index is 13.8. The molecule has 3 aliphatic rings. The highest BCUT2D eigenvalue weighted by Gasteiger charge is 2.44. The Morgan fingerprint density at radius 3 is 1.70 bits per heavy atom. The number of rotatable bonds is 20. The molecule has 0 spiro atoms. The van der Waals surface area contributed by atoms with Crippen molar-refractivity contribution in [2.75, 3.05) is 66.4 Å². The summed E-state index contributed by atoms with van der Waals surface area (Å²) in [5.74, 6) is -0.422. The molecule has 76 heavy (non-hydrogen) atoms. The summed E-state index contributed by atoms with van der Waals surface area (Å²) in [6, 6.07) is 10.3. The van der Waals surface area contributed by atoms with Gasteiger partial charge in [-0.2, -0.15) is 26.3 Å². The van der Waals surface area contributed by atoms with Crippen LogP contribution in [0.1, 0.15) is 72.6 Å². The molecule has 2 saturated heterocycles. The molecule has 3 N–H and O–H groups in total. The summed E-state index contributed by atoms with van der Waals surface area (Å²) < 4.78 is 113. The first-order chi connectivity index (χ1) is 36.0. The molecule has 2 amide bonds. The Hall–Kier alpha value is -6.12. The number of halogens is 6. The van der Waals surface area contributed by atoms with Crippen LogP contribution in [0.2, 0.25) is 0 Å².